The minimum Gasteiger partial charge on any atom is -0.492 e. The number of para-hydroxylation sites is 1. The van der Waals surface area contributed by atoms with Gasteiger partial charge in [0, 0.05) is 18.2 Å². The van der Waals surface area contributed by atoms with Gasteiger partial charge in [0.05, 0.1) is 17.1 Å². The lowest BCUT2D eigenvalue weighted by Crippen LogP contribution is -2.34. The predicted molar refractivity (Wildman–Crippen MR) is 142 cm³/mol. The molecule has 3 aromatic rings. The normalized spacial score (nSPS) is 11.9. The van der Waals surface area contributed by atoms with Gasteiger partial charge in [0.1, 0.15) is 5.75 Å². The van der Waals surface area contributed by atoms with Crippen molar-refractivity contribution in [2.24, 2.45) is 0 Å². The van der Waals surface area contributed by atoms with E-state index in [-0.39, 0.29) is 16.0 Å². The molecule has 1 amide bonds. The van der Waals surface area contributed by atoms with Crippen LogP contribution in [0.25, 0.3) is 0 Å². The first kappa shape index (κ1) is 26.3. The maximum absolute atomic E-state index is 12.8. The molecule has 35 heavy (non-hydrogen) atoms. The van der Waals surface area contributed by atoms with E-state index < -0.39 is 15.9 Å². The van der Waals surface area contributed by atoms with Crippen molar-refractivity contribution in [2.75, 3.05) is 11.9 Å². The van der Waals surface area contributed by atoms with E-state index in [1.807, 2.05) is 37.3 Å². The summed E-state index contributed by atoms with van der Waals surface area (Å²) < 4.78 is 33.3. The fourth-order valence-corrected chi connectivity index (χ4v) is 4.71. The largest absolute Gasteiger partial charge is 0.492 e. The predicted octanol–water partition coefficient (Wildman–Crippen LogP) is 4.51. The van der Waals surface area contributed by atoms with E-state index in [0.29, 0.717) is 30.0 Å². The van der Waals surface area contributed by atoms with Gasteiger partial charge in [0.15, 0.2) is 5.11 Å². The molecule has 0 spiro atoms. The number of carbonyl (C=O) groups is 1. The van der Waals surface area contributed by atoms with Crippen molar-refractivity contribution in [3.05, 3.63) is 90.0 Å². The van der Waals surface area contributed by atoms with E-state index >= 15 is 0 Å². The summed E-state index contributed by atoms with van der Waals surface area (Å²) in [6.07, 6.45) is 1.41. The van der Waals surface area contributed by atoms with Crippen LogP contribution in [0.4, 0.5) is 5.69 Å². The summed E-state index contributed by atoms with van der Waals surface area (Å²) in [7, 11) is -3.60. The van der Waals surface area contributed by atoms with Gasteiger partial charge in [-0.3, -0.25) is 10.1 Å². The van der Waals surface area contributed by atoms with E-state index in [4.69, 9.17) is 17.0 Å². The van der Waals surface area contributed by atoms with E-state index in [0.717, 1.165) is 12.0 Å². The molecule has 0 heterocycles. The summed E-state index contributed by atoms with van der Waals surface area (Å²) in [4.78, 5) is 13.0. The van der Waals surface area contributed by atoms with Crippen LogP contribution >= 0.6 is 12.2 Å². The Kier molecular flexibility index (Phi) is 9.36. The van der Waals surface area contributed by atoms with Gasteiger partial charge in [-0.05, 0) is 67.5 Å². The highest BCUT2D eigenvalue weighted by atomic mass is 32.2. The number of benzene rings is 3. The van der Waals surface area contributed by atoms with Gasteiger partial charge >= 0.3 is 0 Å². The highest BCUT2D eigenvalue weighted by molar-refractivity contribution is 7.89. The molecule has 0 radical (unpaired) electrons. The average Bonchev–Trinajstić information content (AvgIpc) is 2.85. The first-order valence-electron chi connectivity index (χ1n) is 11.3. The molecule has 0 saturated carbocycles. The van der Waals surface area contributed by atoms with Crippen LogP contribution in [-0.2, 0) is 16.4 Å². The minimum atomic E-state index is -3.60. The van der Waals surface area contributed by atoms with Crippen molar-refractivity contribution in [1.29, 1.82) is 0 Å². The third-order valence-electron chi connectivity index (χ3n) is 5.24. The first-order valence-corrected chi connectivity index (χ1v) is 13.2. The van der Waals surface area contributed by atoms with Crippen LogP contribution in [0.15, 0.2) is 83.8 Å². The second kappa shape index (κ2) is 12.4. The number of sulfonamides is 1. The molecule has 3 rings (SSSR count). The quantitative estimate of drug-likeness (QED) is 0.347. The highest BCUT2D eigenvalue weighted by Gasteiger charge is 2.17. The zero-order valence-corrected chi connectivity index (χ0v) is 21.3. The standard InChI is InChI=1S/C26H29N3O4S2/c1-3-19(2)29-35(31,32)22-15-13-21(14-16-22)27-26(34)28-25(30)23-11-7-8-12-24(23)33-18-17-20-9-5-4-6-10-20/h4-16,19,29H,3,17-18H2,1-2H3,(H2,27,28,30,34). The zero-order chi connectivity index (χ0) is 25.3. The lowest BCUT2D eigenvalue weighted by Gasteiger charge is -2.14. The van der Waals surface area contributed by atoms with Gasteiger partial charge in [-0.1, -0.05) is 49.4 Å². The lowest BCUT2D eigenvalue weighted by molar-refractivity contribution is 0.0974. The van der Waals surface area contributed by atoms with Crippen molar-refractivity contribution >= 4 is 38.9 Å². The van der Waals surface area contributed by atoms with Crippen LogP contribution in [0, 0.1) is 0 Å². The van der Waals surface area contributed by atoms with Gasteiger partial charge in [-0.25, -0.2) is 13.1 Å². The number of amides is 1. The lowest BCUT2D eigenvalue weighted by atomic mass is 10.1. The van der Waals surface area contributed by atoms with Crippen molar-refractivity contribution in [1.82, 2.24) is 10.0 Å². The average molecular weight is 512 g/mol. The Morgan fingerprint density at radius 2 is 1.63 bits per heavy atom. The fraction of sp³-hybridized carbons (Fsp3) is 0.231. The minimum absolute atomic E-state index is 0.0856. The topological polar surface area (TPSA) is 96.5 Å². The van der Waals surface area contributed by atoms with Gasteiger partial charge < -0.3 is 10.1 Å². The Morgan fingerprint density at radius 1 is 0.971 bits per heavy atom. The maximum Gasteiger partial charge on any atom is 0.261 e. The van der Waals surface area contributed by atoms with Gasteiger partial charge in [-0.2, -0.15) is 0 Å². The van der Waals surface area contributed by atoms with Crippen LogP contribution in [0.5, 0.6) is 5.75 Å². The number of anilines is 1. The fourth-order valence-electron chi connectivity index (χ4n) is 3.17. The molecule has 7 nitrogen and oxygen atoms in total. The van der Waals surface area contributed by atoms with Gasteiger partial charge in [0.2, 0.25) is 10.0 Å². The van der Waals surface area contributed by atoms with Crippen LogP contribution in [0.3, 0.4) is 0 Å². The van der Waals surface area contributed by atoms with Crippen LogP contribution in [0.1, 0.15) is 36.2 Å². The molecule has 3 N–H and O–H groups in total. The number of rotatable bonds is 10. The molecule has 184 valence electrons. The Morgan fingerprint density at radius 3 is 2.31 bits per heavy atom. The molecular formula is C26H29N3O4S2. The van der Waals surface area contributed by atoms with Gasteiger partial charge in [0.25, 0.3) is 5.91 Å². The SMILES string of the molecule is CCC(C)NS(=O)(=O)c1ccc(NC(=S)NC(=O)c2ccccc2OCCc2ccccc2)cc1. The number of thiocarbonyl (C=S) groups is 1. The molecule has 0 aliphatic rings. The molecule has 0 bridgehead atoms. The number of hydrogen-bond acceptors (Lipinski definition) is 5. The molecule has 0 fully saturated rings. The number of hydrogen-bond donors (Lipinski definition) is 3. The Bertz CT molecular complexity index is 1250. The molecule has 0 aliphatic carbocycles. The second-order valence-corrected chi connectivity index (χ2v) is 10.1. The Balaban J connectivity index is 1.57. The van der Waals surface area contributed by atoms with E-state index in [2.05, 4.69) is 15.4 Å². The highest BCUT2D eigenvalue weighted by Crippen LogP contribution is 2.19. The second-order valence-electron chi connectivity index (χ2n) is 7.94. The Hall–Kier alpha value is -3.27. The Labute approximate surface area is 212 Å². The van der Waals surface area contributed by atoms with Crippen LogP contribution in [-0.4, -0.2) is 32.1 Å². The third kappa shape index (κ3) is 7.88. The van der Waals surface area contributed by atoms with E-state index in [9.17, 15) is 13.2 Å². The van der Waals surface area contributed by atoms with Gasteiger partial charge in [-0.15, -0.1) is 0 Å². The number of ether oxygens (including phenoxy) is 1. The molecule has 1 atom stereocenters. The van der Waals surface area contributed by atoms with E-state index in [1.54, 1.807) is 43.3 Å². The van der Waals surface area contributed by atoms with Crippen LogP contribution < -0.4 is 20.1 Å². The number of nitrogens with one attached hydrogen (secondary N) is 3. The summed E-state index contributed by atoms with van der Waals surface area (Å²) in [5, 5.41) is 5.63. The zero-order valence-electron chi connectivity index (χ0n) is 19.7. The summed E-state index contributed by atoms with van der Waals surface area (Å²) in [5.74, 6) is 0.0573. The molecular weight excluding hydrogens is 482 g/mol. The first-order chi connectivity index (χ1) is 16.8. The summed E-state index contributed by atoms with van der Waals surface area (Å²) in [5.41, 5.74) is 2.06. The van der Waals surface area contributed by atoms with Crippen molar-refractivity contribution in [2.45, 2.75) is 37.6 Å². The molecule has 1 unspecified atom stereocenters. The molecule has 0 aromatic heterocycles. The van der Waals surface area contributed by atoms with Crippen molar-refractivity contribution in [3.8, 4) is 5.75 Å². The molecule has 9 heteroatoms. The van der Waals surface area contributed by atoms with Crippen molar-refractivity contribution in [3.63, 3.8) is 0 Å². The monoisotopic (exact) mass is 511 g/mol. The summed E-state index contributed by atoms with van der Waals surface area (Å²) in [6, 6.07) is 22.9. The third-order valence-corrected chi connectivity index (χ3v) is 7.05. The summed E-state index contributed by atoms with van der Waals surface area (Å²) >= 11 is 5.27. The smallest absolute Gasteiger partial charge is 0.261 e. The maximum atomic E-state index is 12.8. The molecule has 3 aromatic carbocycles. The van der Waals surface area contributed by atoms with E-state index in [1.165, 1.54) is 12.1 Å². The molecule has 0 aliphatic heterocycles. The van der Waals surface area contributed by atoms with Crippen molar-refractivity contribution < 1.29 is 17.9 Å². The molecule has 0 saturated heterocycles. The summed E-state index contributed by atoms with van der Waals surface area (Å²) in [6.45, 7) is 4.14. The number of carbonyl (C=O) groups excluding carboxylic acids is 1. The van der Waals surface area contributed by atoms with Crippen LogP contribution in [0.2, 0.25) is 0 Å².